The van der Waals surface area contributed by atoms with Gasteiger partial charge in [-0.05, 0) is 61.7 Å². The van der Waals surface area contributed by atoms with Crippen LogP contribution in [-0.2, 0) is 16.0 Å². The van der Waals surface area contributed by atoms with Gasteiger partial charge in [0.05, 0.1) is 19.8 Å². The molecule has 2 saturated heterocycles. The largest absolute Gasteiger partial charge is 0.508 e. The zero-order chi connectivity index (χ0) is 26.4. The molecule has 0 spiro atoms. The minimum Gasteiger partial charge on any atom is -0.508 e. The lowest BCUT2D eigenvalue weighted by molar-refractivity contribution is -0.133. The van der Waals surface area contributed by atoms with Gasteiger partial charge in [-0.1, -0.05) is 12.1 Å². The summed E-state index contributed by atoms with van der Waals surface area (Å²) in [7, 11) is 0. The number of nitrogens with one attached hydrogen (secondary N) is 1. The maximum absolute atomic E-state index is 14.0. The summed E-state index contributed by atoms with van der Waals surface area (Å²) in [6.07, 6.45) is 1.11. The van der Waals surface area contributed by atoms with Crippen LogP contribution in [0, 0.1) is 0 Å². The second-order valence-corrected chi connectivity index (χ2v) is 10.5. The topological polar surface area (TPSA) is 98.3 Å². The molecule has 9 nitrogen and oxygen atoms in total. The van der Waals surface area contributed by atoms with Gasteiger partial charge in [0, 0.05) is 49.2 Å². The minimum atomic E-state index is -1.05. The van der Waals surface area contributed by atoms with Crippen molar-refractivity contribution in [3.63, 3.8) is 0 Å². The van der Waals surface area contributed by atoms with Crippen molar-refractivity contribution in [3.05, 3.63) is 59.3 Å². The van der Waals surface area contributed by atoms with E-state index in [1.165, 1.54) is 4.90 Å². The molecule has 0 bridgehead atoms. The lowest BCUT2D eigenvalue weighted by atomic mass is 9.81. The first-order chi connectivity index (χ1) is 18.4. The molecule has 200 valence electrons. The summed E-state index contributed by atoms with van der Waals surface area (Å²) in [5.41, 5.74) is 2.51. The second kappa shape index (κ2) is 9.63. The van der Waals surface area contributed by atoms with Gasteiger partial charge in [0.15, 0.2) is 0 Å². The Morgan fingerprint density at radius 1 is 1.13 bits per heavy atom. The van der Waals surface area contributed by atoms with E-state index in [0.29, 0.717) is 26.0 Å². The lowest BCUT2D eigenvalue weighted by Gasteiger charge is -2.42. The summed E-state index contributed by atoms with van der Waals surface area (Å²) in [5.74, 6) is 0.712. The number of hydrogen-bond donors (Lipinski definition) is 2. The average molecular weight is 519 g/mol. The number of benzene rings is 2. The van der Waals surface area contributed by atoms with Crippen molar-refractivity contribution >= 4 is 22.8 Å². The SMILES string of the molecule is CCOc1ccc2[nH]c3c(c2c1)C[C@@]1(C)C(=O)N(CCCN2CCOCC2)C(=O)N1[C@@H]3c1cccc(O)c1. The third kappa shape index (κ3) is 4.01. The van der Waals surface area contributed by atoms with Gasteiger partial charge in [-0.25, -0.2) is 4.79 Å². The molecule has 0 aliphatic carbocycles. The fourth-order valence-electron chi connectivity index (χ4n) is 6.26. The standard InChI is InChI=1S/C29H34N4O5/c1-3-38-21-8-9-24-22(17-21)23-18-29(2)27(35)32(11-5-10-31-12-14-37-15-13-31)28(36)33(29)26(25(23)30-24)19-6-4-7-20(34)16-19/h4,6-9,16-17,26,30,34H,3,5,10-15,18H2,1-2H3/t26-,29+/m1/s1. The van der Waals surface area contributed by atoms with E-state index in [2.05, 4.69) is 9.88 Å². The number of morpholine rings is 1. The quantitative estimate of drug-likeness (QED) is 0.464. The second-order valence-electron chi connectivity index (χ2n) is 10.5. The molecule has 0 saturated carbocycles. The number of aromatic nitrogens is 1. The number of ether oxygens (including phenoxy) is 2. The number of H-pyrrole nitrogens is 1. The number of aromatic hydroxyl groups is 1. The van der Waals surface area contributed by atoms with E-state index in [4.69, 9.17) is 9.47 Å². The Morgan fingerprint density at radius 2 is 1.95 bits per heavy atom. The zero-order valence-corrected chi connectivity index (χ0v) is 21.9. The number of phenolic OH excluding ortho intramolecular Hbond substituents is 1. The Bertz CT molecular complexity index is 1380. The highest BCUT2D eigenvalue weighted by Gasteiger charge is 2.60. The molecule has 0 radical (unpaired) electrons. The van der Waals surface area contributed by atoms with Gasteiger partial charge in [-0.15, -0.1) is 0 Å². The lowest BCUT2D eigenvalue weighted by Crippen LogP contribution is -2.53. The van der Waals surface area contributed by atoms with Crippen LogP contribution < -0.4 is 4.74 Å². The Morgan fingerprint density at radius 3 is 2.71 bits per heavy atom. The Labute approximate surface area is 221 Å². The first-order valence-electron chi connectivity index (χ1n) is 13.4. The number of hydrogen-bond acceptors (Lipinski definition) is 6. The predicted octanol–water partition coefficient (Wildman–Crippen LogP) is 3.66. The van der Waals surface area contributed by atoms with Crippen molar-refractivity contribution in [2.45, 2.75) is 38.3 Å². The van der Waals surface area contributed by atoms with E-state index in [1.807, 2.05) is 38.1 Å². The zero-order valence-electron chi connectivity index (χ0n) is 21.9. The summed E-state index contributed by atoms with van der Waals surface area (Å²) in [5, 5.41) is 11.3. The Hall–Kier alpha value is -3.56. The smallest absolute Gasteiger partial charge is 0.328 e. The van der Waals surface area contributed by atoms with Crippen molar-refractivity contribution in [1.82, 2.24) is 19.7 Å². The van der Waals surface area contributed by atoms with Gasteiger partial charge in [0.25, 0.3) is 5.91 Å². The fraction of sp³-hybridized carbons (Fsp3) is 0.448. The molecule has 3 aliphatic heterocycles. The molecule has 3 aliphatic rings. The van der Waals surface area contributed by atoms with E-state index in [1.54, 1.807) is 23.1 Å². The summed E-state index contributed by atoms with van der Waals surface area (Å²) >= 11 is 0. The number of carbonyl (C=O) groups is 2. The van der Waals surface area contributed by atoms with E-state index in [0.717, 1.165) is 66.3 Å². The molecule has 2 N–H and O–H groups in total. The van der Waals surface area contributed by atoms with E-state index < -0.39 is 11.6 Å². The number of amides is 3. The highest BCUT2D eigenvalue weighted by Crippen LogP contribution is 2.49. The maximum atomic E-state index is 14.0. The van der Waals surface area contributed by atoms with E-state index in [9.17, 15) is 14.7 Å². The van der Waals surface area contributed by atoms with Gasteiger partial charge >= 0.3 is 6.03 Å². The molecule has 9 heteroatoms. The summed E-state index contributed by atoms with van der Waals surface area (Å²) in [6, 6.07) is 12.0. The molecule has 3 amide bonds. The van der Waals surface area contributed by atoms with Crippen LogP contribution in [-0.4, -0.2) is 88.3 Å². The van der Waals surface area contributed by atoms with Crippen LogP contribution in [0.3, 0.4) is 0 Å². The first kappa shape index (κ1) is 24.8. The van der Waals surface area contributed by atoms with Crippen LogP contribution >= 0.6 is 0 Å². The third-order valence-corrected chi connectivity index (χ3v) is 8.09. The van der Waals surface area contributed by atoms with Crippen molar-refractivity contribution in [3.8, 4) is 11.5 Å². The van der Waals surface area contributed by atoms with Crippen LogP contribution in [0.5, 0.6) is 11.5 Å². The third-order valence-electron chi connectivity index (χ3n) is 8.09. The molecule has 2 fully saturated rings. The van der Waals surface area contributed by atoms with Crippen LogP contribution in [0.25, 0.3) is 10.9 Å². The number of phenols is 1. The molecule has 2 atom stereocenters. The number of carbonyl (C=O) groups excluding carboxylic acids is 2. The van der Waals surface area contributed by atoms with Crippen molar-refractivity contribution < 1.29 is 24.2 Å². The highest BCUT2D eigenvalue weighted by molar-refractivity contribution is 6.08. The molecule has 1 aromatic heterocycles. The van der Waals surface area contributed by atoms with Crippen LogP contribution in [0.4, 0.5) is 4.79 Å². The number of urea groups is 1. The van der Waals surface area contributed by atoms with Gasteiger partial charge in [-0.2, -0.15) is 0 Å². The normalized spacial score (nSPS) is 23.7. The molecule has 2 aromatic carbocycles. The highest BCUT2D eigenvalue weighted by atomic mass is 16.5. The maximum Gasteiger partial charge on any atom is 0.328 e. The molecule has 4 heterocycles. The molecule has 0 unspecified atom stereocenters. The molecule has 3 aromatic rings. The average Bonchev–Trinajstić information content (AvgIpc) is 3.35. The first-order valence-corrected chi connectivity index (χ1v) is 13.4. The van der Waals surface area contributed by atoms with Crippen molar-refractivity contribution in [1.29, 1.82) is 0 Å². The van der Waals surface area contributed by atoms with E-state index >= 15 is 0 Å². The number of aromatic amines is 1. The Kier molecular flexibility index (Phi) is 6.28. The van der Waals surface area contributed by atoms with E-state index in [-0.39, 0.29) is 17.7 Å². The van der Waals surface area contributed by atoms with Crippen molar-refractivity contribution in [2.75, 3.05) is 46.0 Å². The molecule has 38 heavy (non-hydrogen) atoms. The number of imide groups is 1. The van der Waals surface area contributed by atoms with Crippen molar-refractivity contribution in [2.24, 2.45) is 0 Å². The summed E-state index contributed by atoms with van der Waals surface area (Å²) in [4.78, 5) is 37.0. The molecule has 6 rings (SSSR count). The van der Waals surface area contributed by atoms with Crippen LogP contribution in [0.2, 0.25) is 0 Å². The fourth-order valence-corrected chi connectivity index (χ4v) is 6.26. The van der Waals surface area contributed by atoms with Crippen LogP contribution in [0.15, 0.2) is 42.5 Å². The summed E-state index contributed by atoms with van der Waals surface area (Å²) < 4.78 is 11.2. The Balaban J connectivity index is 1.39. The molecular formula is C29H34N4O5. The molecular weight excluding hydrogens is 484 g/mol. The van der Waals surface area contributed by atoms with Crippen LogP contribution in [0.1, 0.15) is 43.1 Å². The summed E-state index contributed by atoms with van der Waals surface area (Å²) in [6.45, 7) is 8.75. The monoisotopic (exact) mass is 518 g/mol. The number of rotatable bonds is 7. The number of fused-ring (bicyclic) bond motifs is 4. The predicted molar refractivity (Wildman–Crippen MR) is 142 cm³/mol. The van der Waals surface area contributed by atoms with Gasteiger partial charge in [0.1, 0.15) is 23.1 Å². The van der Waals surface area contributed by atoms with Gasteiger partial charge in [0.2, 0.25) is 0 Å². The number of nitrogens with zero attached hydrogens (tertiary/aromatic N) is 3. The van der Waals surface area contributed by atoms with Gasteiger partial charge < -0.3 is 19.6 Å². The minimum absolute atomic E-state index is 0.117. The van der Waals surface area contributed by atoms with Gasteiger partial charge in [-0.3, -0.25) is 19.5 Å².